The van der Waals surface area contributed by atoms with E-state index in [0.717, 1.165) is 0 Å². The average molecular weight is 365 g/mol. The van der Waals surface area contributed by atoms with Crippen molar-refractivity contribution < 1.29 is 23.5 Å². The Morgan fingerprint density at radius 1 is 1.15 bits per heavy atom. The molecule has 0 N–H and O–H groups in total. The van der Waals surface area contributed by atoms with Gasteiger partial charge in [0, 0.05) is 59.7 Å². The molecule has 0 atom stereocenters. The number of hydrogen-bond donors (Lipinski definition) is 0. The number of amides is 3. The quantitative estimate of drug-likeness (QED) is 0.712. The molecular formula is C18H27N3O5. The Morgan fingerprint density at radius 2 is 1.81 bits per heavy atom. The van der Waals surface area contributed by atoms with Crippen molar-refractivity contribution in [2.45, 2.75) is 20.3 Å². The van der Waals surface area contributed by atoms with Crippen molar-refractivity contribution in [3.63, 3.8) is 0 Å². The molecule has 0 bridgehead atoms. The molecule has 2 heterocycles. The number of hydrogen-bond acceptors (Lipinski definition) is 5. The number of nitrogens with zero attached hydrogens (tertiary/aromatic N) is 3. The van der Waals surface area contributed by atoms with Crippen LogP contribution >= 0.6 is 0 Å². The first kappa shape index (κ1) is 20.0. The molecule has 0 aliphatic carbocycles. The SMILES string of the molecule is COCCN(CCC(=O)N1CCN(C(C)=O)CC1)C(=O)c1ccoc1C. The van der Waals surface area contributed by atoms with Crippen LogP contribution in [-0.4, -0.2) is 85.4 Å². The van der Waals surface area contributed by atoms with Gasteiger partial charge in [0.05, 0.1) is 18.4 Å². The van der Waals surface area contributed by atoms with E-state index in [9.17, 15) is 14.4 Å². The van der Waals surface area contributed by atoms with Gasteiger partial charge < -0.3 is 23.9 Å². The third-order valence-corrected chi connectivity index (χ3v) is 4.62. The van der Waals surface area contributed by atoms with Crippen LogP contribution in [0.25, 0.3) is 0 Å². The molecule has 1 aromatic rings. The van der Waals surface area contributed by atoms with E-state index in [-0.39, 0.29) is 24.1 Å². The fourth-order valence-corrected chi connectivity index (χ4v) is 2.95. The summed E-state index contributed by atoms with van der Waals surface area (Å²) >= 11 is 0. The molecule has 1 aliphatic heterocycles. The number of ether oxygens (including phenoxy) is 1. The third kappa shape index (κ3) is 5.08. The van der Waals surface area contributed by atoms with Gasteiger partial charge in [-0.05, 0) is 13.0 Å². The Hall–Kier alpha value is -2.35. The summed E-state index contributed by atoms with van der Waals surface area (Å²) in [5.41, 5.74) is 0.503. The minimum atomic E-state index is -0.164. The Labute approximate surface area is 153 Å². The van der Waals surface area contributed by atoms with Crippen molar-refractivity contribution in [2.75, 3.05) is 53.0 Å². The Kier molecular flexibility index (Phi) is 7.20. The molecule has 144 valence electrons. The van der Waals surface area contributed by atoms with Crippen molar-refractivity contribution in [3.05, 3.63) is 23.7 Å². The van der Waals surface area contributed by atoms with Gasteiger partial charge in [-0.2, -0.15) is 0 Å². The fraction of sp³-hybridized carbons (Fsp3) is 0.611. The molecule has 0 unspecified atom stereocenters. The van der Waals surface area contributed by atoms with Crippen LogP contribution in [0.2, 0.25) is 0 Å². The molecule has 26 heavy (non-hydrogen) atoms. The van der Waals surface area contributed by atoms with Gasteiger partial charge in [-0.3, -0.25) is 14.4 Å². The Morgan fingerprint density at radius 3 is 2.35 bits per heavy atom. The second-order valence-electron chi connectivity index (χ2n) is 6.31. The number of carbonyl (C=O) groups is 3. The Balaban J connectivity index is 1.90. The minimum absolute atomic E-state index is 0.00710. The summed E-state index contributed by atoms with van der Waals surface area (Å²) in [5, 5.41) is 0. The highest BCUT2D eigenvalue weighted by Crippen LogP contribution is 2.13. The summed E-state index contributed by atoms with van der Waals surface area (Å²) < 4.78 is 10.3. The number of furan rings is 1. The predicted octanol–water partition coefficient (Wildman–Crippen LogP) is 0.757. The summed E-state index contributed by atoms with van der Waals surface area (Å²) in [4.78, 5) is 41.6. The van der Waals surface area contributed by atoms with Crippen LogP contribution in [0.4, 0.5) is 0 Å². The lowest BCUT2D eigenvalue weighted by Gasteiger charge is -2.34. The van der Waals surface area contributed by atoms with Crippen LogP contribution in [0, 0.1) is 6.92 Å². The number of methoxy groups -OCH3 is 1. The molecule has 0 spiro atoms. The van der Waals surface area contributed by atoms with Gasteiger partial charge in [0.25, 0.3) is 5.91 Å². The summed E-state index contributed by atoms with van der Waals surface area (Å²) in [5.74, 6) is 0.419. The molecule has 2 rings (SSSR count). The number of aryl methyl sites for hydroxylation is 1. The first-order valence-corrected chi connectivity index (χ1v) is 8.79. The van der Waals surface area contributed by atoms with Crippen LogP contribution < -0.4 is 0 Å². The van der Waals surface area contributed by atoms with Gasteiger partial charge in [-0.25, -0.2) is 0 Å². The van der Waals surface area contributed by atoms with Crippen LogP contribution in [0.1, 0.15) is 29.5 Å². The largest absolute Gasteiger partial charge is 0.469 e. The molecular weight excluding hydrogens is 338 g/mol. The second-order valence-corrected chi connectivity index (χ2v) is 6.31. The fourth-order valence-electron chi connectivity index (χ4n) is 2.95. The second kappa shape index (κ2) is 9.38. The maximum absolute atomic E-state index is 12.7. The van der Waals surface area contributed by atoms with E-state index in [1.807, 2.05) is 0 Å². The molecule has 3 amide bonds. The van der Waals surface area contributed by atoms with Gasteiger partial charge in [0.1, 0.15) is 5.76 Å². The van der Waals surface area contributed by atoms with Crippen LogP contribution in [0.5, 0.6) is 0 Å². The van der Waals surface area contributed by atoms with E-state index in [0.29, 0.717) is 57.2 Å². The Bertz CT molecular complexity index is 635. The highest BCUT2D eigenvalue weighted by atomic mass is 16.5. The number of rotatable bonds is 7. The van der Waals surface area contributed by atoms with Crippen LogP contribution in [0.3, 0.4) is 0 Å². The molecule has 0 radical (unpaired) electrons. The summed E-state index contributed by atoms with van der Waals surface area (Å²) in [6.07, 6.45) is 1.73. The highest BCUT2D eigenvalue weighted by molar-refractivity contribution is 5.95. The van der Waals surface area contributed by atoms with Gasteiger partial charge in [-0.1, -0.05) is 0 Å². The smallest absolute Gasteiger partial charge is 0.257 e. The monoisotopic (exact) mass is 365 g/mol. The van der Waals surface area contributed by atoms with Crippen molar-refractivity contribution in [2.24, 2.45) is 0 Å². The van der Waals surface area contributed by atoms with Crippen molar-refractivity contribution in [1.82, 2.24) is 14.7 Å². The summed E-state index contributed by atoms with van der Waals surface area (Å²) in [6, 6.07) is 1.64. The zero-order valence-corrected chi connectivity index (χ0v) is 15.7. The van der Waals surface area contributed by atoms with E-state index in [1.165, 1.54) is 13.2 Å². The molecule has 8 nitrogen and oxygen atoms in total. The molecule has 1 saturated heterocycles. The zero-order valence-electron chi connectivity index (χ0n) is 15.7. The van der Waals surface area contributed by atoms with Gasteiger partial charge in [0.15, 0.2) is 0 Å². The first-order chi connectivity index (χ1) is 12.4. The standard InChI is InChI=1S/C18H27N3O5/c1-14-16(5-12-26-14)18(24)21(11-13-25-3)6-4-17(23)20-9-7-19(8-10-20)15(2)22/h5,12H,4,6-11,13H2,1-3H3. The van der Waals surface area contributed by atoms with E-state index >= 15 is 0 Å². The highest BCUT2D eigenvalue weighted by Gasteiger charge is 2.24. The number of carbonyl (C=O) groups excluding carboxylic acids is 3. The lowest BCUT2D eigenvalue weighted by molar-refractivity contribution is -0.138. The normalized spacial score (nSPS) is 14.4. The minimum Gasteiger partial charge on any atom is -0.469 e. The molecule has 0 aromatic carbocycles. The zero-order chi connectivity index (χ0) is 19.1. The lowest BCUT2D eigenvalue weighted by atomic mass is 10.2. The van der Waals surface area contributed by atoms with Crippen LogP contribution in [0.15, 0.2) is 16.7 Å². The van der Waals surface area contributed by atoms with Crippen molar-refractivity contribution in [3.8, 4) is 0 Å². The van der Waals surface area contributed by atoms with Gasteiger partial charge in [-0.15, -0.1) is 0 Å². The molecule has 0 saturated carbocycles. The van der Waals surface area contributed by atoms with Gasteiger partial charge in [0.2, 0.25) is 11.8 Å². The van der Waals surface area contributed by atoms with E-state index in [4.69, 9.17) is 9.15 Å². The van der Waals surface area contributed by atoms with E-state index in [2.05, 4.69) is 0 Å². The molecule has 1 aromatic heterocycles. The average Bonchev–Trinajstić information content (AvgIpc) is 3.07. The topological polar surface area (TPSA) is 83.3 Å². The lowest BCUT2D eigenvalue weighted by Crippen LogP contribution is -2.50. The molecule has 8 heteroatoms. The maximum atomic E-state index is 12.7. The van der Waals surface area contributed by atoms with Crippen molar-refractivity contribution in [1.29, 1.82) is 0 Å². The first-order valence-electron chi connectivity index (χ1n) is 8.79. The van der Waals surface area contributed by atoms with Gasteiger partial charge >= 0.3 is 0 Å². The maximum Gasteiger partial charge on any atom is 0.257 e. The van der Waals surface area contributed by atoms with E-state index < -0.39 is 0 Å². The predicted molar refractivity (Wildman–Crippen MR) is 94.7 cm³/mol. The molecule has 1 aliphatic rings. The van der Waals surface area contributed by atoms with Crippen molar-refractivity contribution >= 4 is 17.7 Å². The van der Waals surface area contributed by atoms with E-state index in [1.54, 1.807) is 34.8 Å². The van der Waals surface area contributed by atoms with Crippen LogP contribution in [-0.2, 0) is 14.3 Å². The summed E-state index contributed by atoms with van der Waals surface area (Å²) in [6.45, 7) is 6.58. The number of piperazine rings is 1. The molecule has 1 fully saturated rings. The summed E-state index contributed by atoms with van der Waals surface area (Å²) in [7, 11) is 1.57. The third-order valence-electron chi connectivity index (χ3n) is 4.62.